The summed E-state index contributed by atoms with van der Waals surface area (Å²) >= 11 is 0. The standard InChI is InChI=1S/C19H20N2O2/c22-19(21-11-9-14-5-1-2-6-15(14)13-21)20-17-10-12-23-18-8-4-3-7-16(17)18/h1-8,17H,9-13H2,(H,20,22). The largest absolute Gasteiger partial charge is 0.493 e. The topological polar surface area (TPSA) is 41.6 Å². The monoisotopic (exact) mass is 308 g/mol. The van der Waals surface area contributed by atoms with E-state index < -0.39 is 0 Å². The lowest BCUT2D eigenvalue weighted by molar-refractivity contribution is 0.181. The number of carbonyl (C=O) groups is 1. The molecular weight excluding hydrogens is 288 g/mol. The van der Waals surface area contributed by atoms with Crippen molar-refractivity contribution in [2.24, 2.45) is 0 Å². The molecule has 4 rings (SSSR count). The Morgan fingerprint density at radius 1 is 1.09 bits per heavy atom. The van der Waals surface area contributed by atoms with Crippen LogP contribution in [0.3, 0.4) is 0 Å². The highest BCUT2D eigenvalue weighted by molar-refractivity contribution is 5.75. The van der Waals surface area contributed by atoms with E-state index in [0.29, 0.717) is 13.2 Å². The summed E-state index contributed by atoms with van der Waals surface area (Å²) in [5.74, 6) is 0.882. The Balaban J connectivity index is 1.47. The molecule has 1 atom stereocenters. The van der Waals surface area contributed by atoms with Crippen molar-refractivity contribution in [1.29, 1.82) is 0 Å². The van der Waals surface area contributed by atoms with Gasteiger partial charge in [-0.25, -0.2) is 4.79 Å². The molecule has 0 aliphatic carbocycles. The molecule has 1 unspecified atom stereocenters. The molecular formula is C19H20N2O2. The van der Waals surface area contributed by atoms with E-state index >= 15 is 0 Å². The van der Waals surface area contributed by atoms with E-state index in [1.807, 2.05) is 35.2 Å². The van der Waals surface area contributed by atoms with E-state index in [-0.39, 0.29) is 12.1 Å². The highest BCUT2D eigenvalue weighted by atomic mass is 16.5. The van der Waals surface area contributed by atoms with Gasteiger partial charge >= 0.3 is 6.03 Å². The number of nitrogens with zero attached hydrogens (tertiary/aromatic N) is 1. The van der Waals surface area contributed by atoms with Gasteiger partial charge in [0.15, 0.2) is 0 Å². The van der Waals surface area contributed by atoms with Crippen LogP contribution in [0.4, 0.5) is 4.79 Å². The molecule has 4 nitrogen and oxygen atoms in total. The molecule has 2 aromatic carbocycles. The number of carbonyl (C=O) groups excluding carboxylic acids is 1. The molecule has 0 fully saturated rings. The third kappa shape index (κ3) is 2.77. The van der Waals surface area contributed by atoms with Crippen LogP contribution in [0.2, 0.25) is 0 Å². The zero-order chi connectivity index (χ0) is 15.6. The number of amides is 2. The minimum Gasteiger partial charge on any atom is -0.493 e. The molecule has 2 heterocycles. The van der Waals surface area contributed by atoms with Crippen LogP contribution in [0.5, 0.6) is 5.75 Å². The number of para-hydroxylation sites is 1. The fraction of sp³-hybridized carbons (Fsp3) is 0.316. The minimum absolute atomic E-state index is 0.0150. The van der Waals surface area contributed by atoms with Gasteiger partial charge in [0.1, 0.15) is 5.75 Å². The smallest absolute Gasteiger partial charge is 0.318 e. The highest BCUT2D eigenvalue weighted by Crippen LogP contribution is 2.31. The quantitative estimate of drug-likeness (QED) is 0.878. The number of fused-ring (bicyclic) bond motifs is 2. The van der Waals surface area contributed by atoms with Crippen LogP contribution >= 0.6 is 0 Å². The van der Waals surface area contributed by atoms with Crippen LogP contribution in [0.25, 0.3) is 0 Å². The molecule has 2 amide bonds. The highest BCUT2D eigenvalue weighted by Gasteiger charge is 2.26. The average Bonchev–Trinajstić information content (AvgIpc) is 2.61. The molecule has 0 bridgehead atoms. The van der Waals surface area contributed by atoms with E-state index in [4.69, 9.17) is 4.74 Å². The molecule has 2 aliphatic heterocycles. The van der Waals surface area contributed by atoms with Gasteiger partial charge in [0.05, 0.1) is 12.6 Å². The summed E-state index contributed by atoms with van der Waals surface area (Å²) < 4.78 is 5.66. The second kappa shape index (κ2) is 5.95. The predicted octanol–water partition coefficient (Wildman–Crippen LogP) is 3.28. The molecule has 23 heavy (non-hydrogen) atoms. The first-order valence-electron chi connectivity index (χ1n) is 8.15. The minimum atomic E-state index is 0.0150. The predicted molar refractivity (Wildman–Crippen MR) is 88.4 cm³/mol. The Bertz CT molecular complexity index is 729. The molecule has 0 saturated heterocycles. The Labute approximate surface area is 136 Å². The lowest BCUT2D eigenvalue weighted by Crippen LogP contribution is -2.44. The summed E-state index contributed by atoms with van der Waals surface area (Å²) in [5.41, 5.74) is 3.68. The number of nitrogens with one attached hydrogen (secondary N) is 1. The van der Waals surface area contributed by atoms with E-state index in [1.165, 1.54) is 11.1 Å². The molecule has 2 aromatic rings. The summed E-state index contributed by atoms with van der Waals surface area (Å²) in [6.07, 6.45) is 1.74. The molecule has 0 aromatic heterocycles. The van der Waals surface area contributed by atoms with Gasteiger partial charge in [-0.2, -0.15) is 0 Å². The lowest BCUT2D eigenvalue weighted by atomic mass is 9.99. The second-order valence-corrected chi connectivity index (χ2v) is 6.12. The maximum Gasteiger partial charge on any atom is 0.318 e. The Morgan fingerprint density at radius 3 is 2.78 bits per heavy atom. The molecule has 0 spiro atoms. The van der Waals surface area contributed by atoms with Crippen LogP contribution in [-0.4, -0.2) is 24.1 Å². The first-order chi connectivity index (χ1) is 11.3. The summed E-state index contributed by atoms with van der Waals surface area (Å²) in [5, 5.41) is 3.18. The first-order valence-corrected chi connectivity index (χ1v) is 8.15. The van der Waals surface area contributed by atoms with Crippen molar-refractivity contribution in [3.8, 4) is 5.75 Å². The molecule has 4 heteroatoms. The molecule has 2 aliphatic rings. The second-order valence-electron chi connectivity index (χ2n) is 6.12. The SMILES string of the molecule is O=C(NC1CCOc2ccccc21)N1CCc2ccccc2C1. The van der Waals surface area contributed by atoms with E-state index in [9.17, 15) is 4.79 Å². The summed E-state index contributed by atoms with van der Waals surface area (Å²) in [6.45, 7) is 2.10. The average molecular weight is 308 g/mol. The van der Waals surface area contributed by atoms with Gasteiger partial charge < -0.3 is 15.0 Å². The van der Waals surface area contributed by atoms with Crippen LogP contribution in [-0.2, 0) is 13.0 Å². The van der Waals surface area contributed by atoms with E-state index in [0.717, 1.165) is 30.7 Å². The Kier molecular flexibility index (Phi) is 3.66. The first kappa shape index (κ1) is 14.1. The third-order valence-electron chi connectivity index (χ3n) is 4.67. The van der Waals surface area contributed by atoms with Gasteiger partial charge in [-0.05, 0) is 23.6 Å². The van der Waals surface area contributed by atoms with Crippen molar-refractivity contribution in [3.05, 3.63) is 65.2 Å². The summed E-state index contributed by atoms with van der Waals surface area (Å²) in [4.78, 5) is 14.6. The van der Waals surface area contributed by atoms with Gasteiger partial charge in [-0.15, -0.1) is 0 Å². The molecule has 0 radical (unpaired) electrons. The van der Waals surface area contributed by atoms with Crippen molar-refractivity contribution in [2.45, 2.75) is 25.4 Å². The van der Waals surface area contributed by atoms with Crippen molar-refractivity contribution < 1.29 is 9.53 Å². The van der Waals surface area contributed by atoms with Gasteiger partial charge in [-0.3, -0.25) is 0 Å². The van der Waals surface area contributed by atoms with E-state index in [1.54, 1.807) is 0 Å². The maximum atomic E-state index is 12.7. The number of rotatable bonds is 1. The summed E-state index contributed by atoms with van der Waals surface area (Å²) in [6, 6.07) is 16.4. The third-order valence-corrected chi connectivity index (χ3v) is 4.67. The molecule has 1 N–H and O–H groups in total. The lowest BCUT2D eigenvalue weighted by Gasteiger charge is -2.32. The Morgan fingerprint density at radius 2 is 1.87 bits per heavy atom. The van der Waals surface area contributed by atoms with Crippen LogP contribution in [0.1, 0.15) is 29.2 Å². The number of urea groups is 1. The van der Waals surface area contributed by atoms with Gasteiger partial charge in [0.2, 0.25) is 0 Å². The van der Waals surface area contributed by atoms with Crippen LogP contribution in [0.15, 0.2) is 48.5 Å². The number of hydrogen-bond acceptors (Lipinski definition) is 2. The van der Waals surface area contributed by atoms with Gasteiger partial charge in [0.25, 0.3) is 0 Å². The van der Waals surface area contributed by atoms with Crippen LogP contribution in [0, 0.1) is 0 Å². The zero-order valence-electron chi connectivity index (χ0n) is 13.0. The number of benzene rings is 2. The van der Waals surface area contributed by atoms with E-state index in [2.05, 4.69) is 23.5 Å². The molecule has 0 saturated carbocycles. The number of ether oxygens (including phenoxy) is 1. The van der Waals surface area contributed by atoms with Gasteiger partial charge in [-0.1, -0.05) is 42.5 Å². The van der Waals surface area contributed by atoms with Gasteiger partial charge in [0, 0.05) is 25.1 Å². The zero-order valence-corrected chi connectivity index (χ0v) is 13.0. The number of hydrogen-bond donors (Lipinski definition) is 1. The molecule has 118 valence electrons. The van der Waals surface area contributed by atoms with Crippen molar-refractivity contribution >= 4 is 6.03 Å². The van der Waals surface area contributed by atoms with Crippen LogP contribution < -0.4 is 10.1 Å². The summed E-state index contributed by atoms with van der Waals surface area (Å²) in [7, 11) is 0. The fourth-order valence-electron chi connectivity index (χ4n) is 3.40. The van der Waals surface area contributed by atoms with Crippen molar-refractivity contribution in [1.82, 2.24) is 10.2 Å². The van der Waals surface area contributed by atoms with Crippen molar-refractivity contribution in [3.63, 3.8) is 0 Å². The van der Waals surface area contributed by atoms with Crippen molar-refractivity contribution in [2.75, 3.05) is 13.2 Å². The maximum absolute atomic E-state index is 12.7. The fourth-order valence-corrected chi connectivity index (χ4v) is 3.40. The normalized spacial score (nSPS) is 19.3. The Hall–Kier alpha value is -2.49.